The van der Waals surface area contributed by atoms with Crippen LogP contribution in [0, 0.1) is 0 Å². The van der Waals surface area contributed by atoms with Crippen molar-refractivity contribution in [1.29, 1.82) is 0 Å². The van der Waals surface area contributed by atoms with Crippen LogP contribution in [0.25, 0.3) is 10.1 Å². The monoisotopic (exact) mass is 290 g/mol. The molecule has 1 aromatic heterocycles. The number of anilines is 3. The Morgan fingerprint density at radius 3 is 2.32 bits per heavy atom. The van der Waals surface area contributed by atoms with Gasteiger partial charge in [-0.15, -0.1) is 23.7 Å². The fourth-order valence-electron chi connectivity index (χ4n) is 2.18. The Kier molecular flexibility index (Phi) is 3.98. The molecular weight excluding hydrogens is 276 g/mol. The van der Waals surface area contributed by atoms with Gasteiger partial charge in [-0.3, -0.25) is 0 Å². The van der Waals surface area contributed by atoms with Gasteiger partial charge < -0.3 is 10.6 Å². The van der Waals surface area contributed by atoms with E-state index < -0.39 is 0 Å². The minimum absolute atomic E-state index is 0. The second kappa shape index (κ2) is 5.51. The van der Waals surface area contributed by atoms with Gasteiger partial charge in [0.05, 0.1) is 5.69 Å². The topological polar surface area (TPSA) is 29.3 Å². The number of nitrogens with zero attached hydrogens (tertiary/aromatic N) is 1. The van der Waals surface area contributed by atoms with Crippen LogP contribution in [-0.2, 0) is 0 Å². The fourth-order valence-corrected chi connectivity index (χ4v) is 3.18. The number of benzene rings is 2. The van der Waals surface area contributed by atoms with Gasteiger partial charge in [0, 0.05) is 22.8 Å². The van der Waals surface area contributed by atoms with E-state index in [-0.39, 0.29) is 12.4 Å². The molecule has 0 unspecified atom stereocenters. The minimum atomic E-state index is 0. The fraction of sp³-hybridized carbons (Fsp3) is 0.0667. The zero-order valence-electron chi connectivity index (χ0n) is 10.5. The van der Waals surface area contributed by atoms with Crippen molar-refractivity contribution in [2.24, 2.45) is 0 Å². The molecule has 0 saturated carbocycles. The zero-order valence-corrected chi connectivity index (χ0v) is 12.2. The van der Waals surface area contributed by atoms with Crippen LogP contribution in [0.5, 0.6) is 0 Å². The Labute approximate surface area is 122 Å². The summed E-state index contributed by atoms with van der Waals surface area (Å²) >= 11 is 1.64. The number of nitrogens with two attached hydrogens (primary N) is 1. The van der Waals surface area contributed by atoms with Gasteiger partial charge in [-0.25, -0.2) is 0 Å². The van der Waals surface area contributed by atoms with Gasteiger partial charge in [0.25, 0.3) is 0 Å². The summed E-state index contributed by atoms with van der Waals surface area (Å²) < 4.78 is 1.23. The van der Waals surface area contributed by atoms with Crippen LogP contribution in [0.1, 0.15) is 0 Å². The largest absolute Gasteiger partial charge is 0.389 e. The molecule has 0 aliphatic carbocycles. The molecule has 3 rings (SSSR count). The Bertz CT molecular complexity index is 679. The van der Waals surface area contributed by atoms with E-state index in [0.717, 1.165) is 16.4 Å². The minimum Gasteiger partial charge on any atom is -0.389 e. The first-order valence-corrected chi connectivity index (χ1v) is 6.65. The summed E-state index contributed by atoms with van der Waals surface area (Å²) in [6.45, 7) is 0. The van der Waals surface area contributed by atoms with E-state index >= 15 is 0 Å². The average molecular weight is 291 g/mol. The standard InChI is InChI=1S/C15H14N2S.ClH/c1-17(11-7-3-2-4-8-11)14-12-9-5-6-10-13(12)18-15(14)16;/h2-10H,16H2,1H3;1H. The molecule has 2 nitrogen and oxygen atoms in total. The third-order valence-electron chi connectivity index (χ3n) is 3.07. The van der Waals surface area contributed by atoms with Gasteiger partial charge in [0.15, 0.2) is 0 Å². The molecule has 2 aromatic carbocycles. The Morgan fingerprint density at radius 1 is 0.947 bits per heavy atom. The first-order chi connectivity index (χ1) is 8.77. The van der Waals surface area contributed by atoms with Crippen LogP contribution < -0.4 is 10.6 Å². The Morgan fingerprint density at radius 2 is 1.58 bits per heavy atom. The van der Waals surface area contributed by atoms with E-state index in [1.165, 1.54) is 10.1 Å². The first-order valence-electron chi connectivity index (χ1n) is 5.83. The highest BCUT2D eigenvalue weighted by molar-refractivity contribution is 7.23. The summed E-state index contributed by atoms with van der Waals surface area (Å²) in [7, 11) is 2.06. The lowest BCUT2D eigenvalue weighted by molar-refractivity contribution is 1.23. The lowest BCUT2D eigenvalue weighted by Crippen LogP contribution is -2.10. The smallest absolute Gasteiger partial charge is 0.111 e. The number of halogens is 1. The maximum absolute atomic E-state index is 6.17. The molecule has 4 heteroatoms. The molecular formula is C15H15ClN2S. The SMILES string of the molecule is CN(c1ccccc1)c1c(N)sc2ccccc12.Cl. The van der Waals surface area contributed by atoms with Gasteiger partial charge in [0.1, 0.15) is 5.00 Å². The lowest BCUT2D eigenvalue weighted by Gasteiger charge is -2.19. The van der Waals surface area contributed by atoms with Crippen molar-refractivity contribution in [3.63, 3.8) is 0 Å². The molecule has 1 heterocycles. The van der Waals surface area contributed by atoms with Gasteiger partial charge in [-0.05, 0) is 18.2 Å². The molecule has 0 aliphatic rings. The Balaban J connectivity index is 0.00000133. The Hall–Kier alpha value is -1.71. The first kappa shape index (κ1) is 13.7. The predicted octanol–water partition coefficient (Wildman–Crippen LogP) is 4.67. The van der Waals surface area contributed by atoms with Crippen molar-refractivity contribution < 1.29 is 0 Å². The number of para-hydroxylation sites is 1. The van der Waals surface area contributed by atoms with Crippen molar-refractivity contribution in [1.82, 2.24) is 0 Å². The molecule has 98 valence electrons. The molecule has 0 radical (unpaired) electrons. The van der Waals surface area contributed by atoms with Crippen LogP contribution in [0.3, 0.4) is 0 Å². The third kappa shape index (κ3) is 2.39. The molecule has 0 amide bonds. The van der Waals surface area contributed by atoms with E-state index in [1.54, 1.807) is 11.3 Å². The highest BCUT2D eigenvalue weighted by atomic mass is 35.5. The second-order valence-corrected chi connectivity index (χ2v) is 5.29. The molecule has 0 bridgehead atoms. The predicted molar refractivity (Wildman–Crippen MR) is 88.0 cm³/mol. The molecule has 0 aliphatic heterocycles. The number of hydrogen-bond acceptors (Lipinski definition) is 3. The van der Waals surface area contributed by atoms with E-state index in [9.17, 15) is 0 Å². The van der Waals surface area contributed by atoms with Crippen molar-refractivity contribution in [2.45, 2.75) is 0 Å². The number of thiophene rings is 1. The van der Waals surface area contributed by atoms with E-state index in [2.05, 4.69) is 42.3 Å². The average Bonchev–Trinajstić information content (AvgIpc) is 2.75. The van der Waals surface area contributed by atoms with Crippen molar-refractivity contribution >= 4 is 50.2 Å². The molecule has 19 heavy (non-hydrogen) atoms. The number of fused-ring (bicyclic) bond motifs is 1. The molecule has 0 fully saturated rings. The number of hydrogen-bond donors (Lipinski definition) is 1. The third-order valence-corrected chi connectivity index (χ3v) is 4.06. The number of rotatable bonds is 2. The van der Waals surface area contributed by atoms with Gasteiger partial charge in [-0.1, -0.05) is 36.4 Å². The van der Waals surface area contributed by atoms with Crippen LogP contribution >= 0.6 is 23.7 Å². The molecule has 2 N–H and O–H groups in total. The van der Waals surface area contributed by atoms with E-state index in [4.69, 9.17) is 5.73 Å². The quantitative estimate of drug-likeness (QED) is 0.743. The zero-order chi connectivity index (χ0) is 12.5. The summed E-state index contributed by atoms with van der Waals surface area (Å²) in [5, 5.41) is 2.08. The lowest BCUT2D eigenvalue weighted by atomic mass is 10.2. The molecule has 0 spiro atoms. The summed E-state index contributed by atoms with van der Waals surface area (Å²) in [5.74, 6) is 0. The highest BCUT2D eigenvalue weighted by Crippen LogP contribution is 2.42. The normalized spacial score (nSPS) is 10.2. The van der Waals surface area contributed by atoms with Crippen LogP contribution in [-0.4, -0.2) is 7.05 Å². The molecule has 0 saturated heterocycles. The van der Waals surface area contributed by atoms with Crippen molar-refractivity contribution in [3.05, 3.63) is 54.6 Å². The van der Waals surface area contributed by atoms with Crippen LogP contribution in [0.15, 0.2) is 54.6 Å². The van der Waals surface area contributed by atoms with E-state index in [0.29, 0.717) is 0 Å². The number of nitrogen functional groups attached to an aromatic ring is 1. The maximum atomic E-state index is 6.17. The summed E-state index contributed by atoms with van der Waals surface area (Å²) in [5.41, 5.74) is 8.41. The van der Waals surface area contributed by atoms with Crippen LogP contribution in [0.2, 0.25) is 0 Å². The van der Waals surface area contributed by atoms with Gasteiger partial charge in [-0.2, -0.15) is 0 Å². The molecule has 3 aromatic rings. The van der Waals surface area contributed by atoms with Gasteiger partial charge >= 0.3 is 0 Å². The highest BCUT2D eigenvalue weighted by Gasteiger charge is 2.14. The van der Waals surface area contributed by atoms with Crippen LogP contribution in [0.4, 0.5) is 16.4 Å². The molecule has 0 atom stereocenters. The van der Waals surface area contributed by atoms with Crippen molar-refractivity contribution in [2.75, 3.05) is 17.7 Å². The van der Waals surface area contributed by atoms with Gasteiger partial charge in [0.2, 0.25) is 0 Å². The van der Waals surface area contributed by atoms with E-state index in [1.807, 2.05) is 24.3 Å². The van der Waals surface area contributed by atoms with Crippen molar-refractivity contribution in [3.8, 4) is 0 Å². The summed E-state index contributed by atoms with van der Waals surface area (Å²) in [6, 6.07) is 18.6. The summed E-state index contributed by atoms with van der Waals surface area (Å²) in [6.07, 6.45) is 0. The summed E-state index contributed by atoms with van der Waals surface area (Å²) in [4.78, 5) is 2.15. The second-order valence-electron chi connectivity index (χ2n) is 4.21. The maximum Gasteiger partial charge on any atom is 0.111 e.